The summed E-state index contributed by atoms with van der Waals surface area (Å²) in [5.74, 6) is 0.155. The van der Waals surface area contributed by atoms with Crippen molar-refractivity contribution in [3.63, 3.8) is 0 Å². The maximum atomic E-state index is 11.6. The Morgan fingerprint density at radius 3 is 2.86 bits per heavy atom. The highest BCUT2D eigenvalue weighted by Crippen LogP contribution is 2.24. The fourth-order valence-corrected chi connectivity index (χ4v) is 2.95. The molecule has 1 aliphatic rings. The number of carboxylic acids is 1. The Balaban J connectivity index is 1.87. The summed E-state index contributed by atoms with van der Waals surface area (Å²) in [4.78, 5) is 17.9. The quantitative estimate of drug-likeness (QED) is 0.932. The van der Waals surface area contributed by atoms with Crippen molar-refractivity contribution < 1.29 is 9.90 Å². The number of carboxylic acid groups (broad SMARTS) is 1. The zero-order valence-electron chi connectivity index (χ0n) is 12.1. The number of fused-ring (bicyclic) bond motifs is 1. The van der Waals surface area contributed by atoms with Crippen molar-refractivity contribution in [2.45, 2.75) is 39.0 Å². The highest BCUT2D eigenvalue weighted by Gasteiger charge is 2.31. The molecule has 3 rings (SSSR count). The van der Waals surface area contributed by atoms with E-state index in [1.165, 1.54) is 5.56 Å². The third-order valence-electron chi connectivity index (χ3n) is 4.12. The first-order valence-electron chi connectivity index (χ1n) is 7.22. The Bertz CT molecular complexity index is 650. The Morgan fingerprint density at radius 2 is 2.14 bits per heavy atom. The first-order chi connectivity index (χ1) is 10.2. The molecule has 0 aliphatic carbocycles. The van der Waals surface area contributed by atoms with E-state index in [2.05, 4.69) is 22.5 Å². The molecule has 0 bridgehead atoms. The lowest BCUT2D eigenvalue weighted by molar-refractivity contribution is -0.144. The van der Waals surface area contributed by atoms with Crippen LogP contribution in [0.5, 0.6) is 0 Å². The van der Waals surface area contributed by atoms with Crippen molar-refractivity contribution in [2.24, 2.45) is 0 Å². The van der Waals surface area contributed by atoms with Crippen LogP contribution >= 0.6 is 0 Å². The highest BCUT2D eigenvalue weighted by atomic mass is 16.4. The van der Waals surface area contributed by atoms with Gasteiger partial charge in [0.05, 0.1) is 6.54 Å². The summed E-state index contributed by atoms with van der Waals surface area (Å²) >= 11 is 0. The maximum Gasteiger partial charge on any atom is 0.321 e. The van der Waals surface area contributed by atoms with Crippen LogP contribution in [0.3, 0.4) is 0 Å². The molecule has 1 unspecified atom stereocenters. The van der Waals surface area contributed by atoms with E-state index in [9.17, 15) is 9.90 Å². The highest BCUT2D eigenvalue weighted by molar-refractivity contribution is 5.74. The number of rotatable bonds is 4. The predicted molar refractivity (Wildman–Crippen MR) is 78.7 cm³/mol. The number of aromatic nitrogens is 2. The zero-order valence-corrected chi connectivity index (χ0v) is 12.1. The molecule has 1 atom stereocenters. The van der Waals surface area contributed by atoms with Gasteiger partial charge in [0, 0.05) is 25.5 Å². The Morgan fingerprint density at radius 1 is 1.38 bits per heavy atom. The number of benzene rings is 1. The van der Waals surface area contributed by atoms with Crippen LogP contribution in [0.2, 0.25) is 0 Å². The van der Waals surface area contributed by atoms with E-state index in [-0.39, 0.29) is 0 Å². The van der Waals surface area contributed by atoms with Gasteiger partial charge >= 0.3 is 5.97 Å². The summed E-state index contributed by atoms with van der Waals surface area (Å²) in [5.41, 5.74) is 2.35. The number of nitrogens with zero attached hydrogens (tertiary/aromatic N) is 3. The topological polar surface area (TPSA) is 58.4 Å². The fraction of sp³-hybridized carbons (Fsp3) is 0.375. The van der Waals surface area contributed by atoms with Gasteiger partial charge in [0.15, 0.2) is 0 Å². The molecule has 0 saturated heterocycles. The summed E-state index contributed by atoms with van der Waals surface area (Å²) < 4.78 is 2.05. The number of aryl methyl sites for hydroxylation is 1. The molecule has 1 aliphatic heterocycles. The molecule has 5 heteroatoms. The van der Waals surface area contributed by atoms with Gasteiger partial charge in [-0.05, 0) is 24.5 Å². The Hall–Kier alpha value is -2.14. The number of aliphatic carboxylic acids is 1. The van der Waals surface area contributed by atoms with E-state index in [4.69, 9.17) is 0 Å². The third-order valence-corrected chi connectivity index (χ3v) is 4.12. The third kappa shape index (κ3) is 2.69. The van der Waals surface area contributed by atoms with Crippen LogP contribution < -0.4 is 0 Å². The Kier molecular flexibility index (Phi) is 3.75. The monoisotopic (exact) mass is 285 g/mol. The number of imidazole rings is 1. The largest absolute Gasteiger partial charge is 0.480 e. The van der Waals surface area contributed by atoms with Gasteiger partial charge in [-0.1, -0.05) is 24.3 Å². The molecule has 0 amide bonds. The molecule has 110 valence electrons. The predicted octanol–water partition coefficient (Wildman–Crippen LogP) is 1.91. The van der Waals surface area contributed by atoms with E-state index in [1.54, 1.807) is 6.20 Å². The van der Waals surface area contributed by atoms with E-state index >= 15 is 0 Å². The van der Waals surface area contributed by atoms with Crippen LogP contribution in [-0.4, -0.2) is 31.6 Å². The molecule has 0 fully saturated rings. The number of hydrogen-bond acceptors (Lipinski definition) is 3. The van der Waals surface area contributed by atoms with Gasteiger partial charge < -0.3 is 9.67 Å². The average molecular weight is 285 g/mol. The maximum absolute atomic E-state index is 11.6. The molecule has 2 heterocycles. The smallest absolute Gasteiger partial charge is 0.321 e. The normalized spacial score (nSPS) is 18.4. The van der Waals surface area contributed by atoms with Crippen LogP contribution in [0.1, 0.15) is 23.9 Å². The molecule has 1 aromatic heterocycles. The van der Waals surface area contributed by atoms with E-state index < -0.39 is 12.0 Å². The zero-order chi connectivity index (χ0) is 14.8. The second-order valence-electron chi connectivity index (χ2n) is 5.36. The molecule has 5 nitrogen and oxygen atoms in total. The second kappa shape index (κ2) is 5.69. The lowest BCUT2D eigenvalue weighted by Crippen LogP contribution is -2.45. The van der Waals surface area contributed by atoms with Crippen molar-refractivity contribution in [3.8, 4) is 0 Å². The molecule has 1 N–H and O–H groups in total. The first kappa shape index (κ1) is 13.8. The minimum Gasteiger partial charge on any atom is -0.480 e. The Labute approximate surface area is 123 Å². The SMILES string of the molecule is CCn1ccnc1CN1Cc2ccccc2CC1C(=O)O. The standard InChI is InChI=1S/C16H19N3O2/c1-2-18-8-7-17-15(18)11-19-10-13-6-4-3-5-12(13)9-14(19)16(20)21/h3-8,14H,2,9-11H2,1H3,(H,20,21). The van der Waals surface area contributed by atoms with Crippen LogP contribution in [0.15, 0.2) is 36.7 Å². The molecular formula is C16H19N3O2. The minimum atomic E-state index is -0.765. The molecule has 21 heavy (non-hydrogen) atoms. The van der Waals surface area contributed by atoms with Crippen molar-refractivity contribution in [3.05, 3.63) is 53.6 Å². The van der Waals surface area contributed by atoms with E-state index in [0.29, 0.717) is 19.5 Å². The summed E-state index contributed by atoms with van der Waals surface area (Å²) in [6, 6.07) is 7.59. The fourth-order valence-electron chi connectivity index (χ4n) is 2.95. The van der Waals surface area contributed by atoms with E-state index in [0.717, 1.165) is 17.9 Å². The molecule has 0 saturated carbocycles. The minimum absolute atomic E-state index is 0.484. The lowest BCUT2D eigenvalue weighted by Gasteiger charge is -2.34. The summed E-state index contributed by atoms with van der Waals surface area (Å²) in [6.45, 7) is 4.12. The number of hydrogen-bond donors (Lipinski definition) is 1. The van der Waals surface area contributed by atoms with Crippen LogP contribution in [0, 0.1) is 0 Å². The molecule has 0 radical (unpaired) electrons. The summed E-state index contributed by atoms with van der Waals surface area (Å²) in [7, 11) is 0. The van der Waals surface area contributed by atoms with Gasteiger partial charge in [0.25, 0.3) is 0 Å². The van der Waals surface area contributed by atoms with E-state index in [1.807, 2.05) is 29.3 Å². The summed E-state index contributed by atoms with van der Waals surface area (Å²) in [6.07, 6.45) is 4.26. The van der Waals surface area contributed by atoms with Crippen molar-refractivity contribution in [1.29, 1.82) is 0 Å². The van der Waals surface area contributed by atoms with Gasteiger partial charge in [-0.15, -0.1) is 0 Å². The van der Waals surface area contributed by atoms with Crippen LogP contribution in [0.25, 0.3) is 0 Å². The molecule has 1 aromatic carbocycles. The lowest BCUT2D eigenvalue weighted by atomic mass is 9.94. The van der Waals surface area contributed by atoms with Gasteiger partial charge in [0.1, 0.15) is 11.9 Å². The second-order valence-corrected chi connectivity index (χ2v) is 5.36. The van der Waals surface area contributed by atoms with Gasteiger partial charge in [0.2, 0.25) is 0 Å². The van der Waals surface area contributed by atoms with Gasteiger partial charge in [-0.25, -0.2) is 4.98 Å². The van der Waals surface area contributed by atoms with Gasteiger partial charge in [-0.3, -0.25) is 9.69 Å². The first-order valence-corrected chi connectivity index (χ1v) is 7.22. The van der Waals surface area contributed by atoms with Gasteiger partial charge in [-0.2, -0.15) is 0 Å². The molecule has 0 spiro atoms. The summed E-state index contributed by atoms with van der Waals surface area (Å²) in [5, 5.41) is 9.52. The van der Waals surface area contributed by atoms with Crippen molar-refractivity contribution in [1.82, 2.24) is 14.5 Å². The molecule has 2 aromatic rings. The average Bonchev–Trinajstić information content (AvgIpc) is 2.93. The number of carbonyl (C=O) groups is 1. The van der Waals surface area contributed by atoms with Crippen molar-refractivity contribution >= 4 is 5.97 Å². The van der Waals surface area contributed by atoms with Crippen LogP contribution in [-0.2, 0) is 30.8 Å². The van der Waals surface area contributed by atoms with Crippen LogP contribution in [0.4, 0.5) is 0 Å². The van der Waals surface area contributed by atoms with Crippen molar-refractivity contribution in [2.75, 3.05) is 0 Å². The molecular weight excluding hydrogens is 266 g/mol.